The predicted molar refractivity (Wildman–Crippen MR) is 95.3 cm³/mol. The molecule has 1 fully saturated rings. The molecule has 2 aromatic rings. The van der Waals surface area contributed by atoms with Gasteiger partial charge in [-0.2, -0.15) is 5.10 Å². The molecule has 0 bridgehead atoms. The fraction of sp³-hybridized carbons (Fsp3) is 0.500. The van der Waals surface area contributed by atoms with Crippen molar-refractivity contribution in [1.82, 2.24) is 25.1 Å². The van der Waals surface area contributed by atoms with Crippen molar-refractivity contribution in [3.63, 3.8) is 0 Å². The Morgan fingerprint density at radius 1 is 1.46 bits per heavy atom. The zero-order chi connectivity index (χ0) is 17.3. The molecule has 0 aliphatic carbocycles. The van der Waals surface area contributed by atoms with Crippen LogP contribution in [0.2, 0.25) is 0 Å². The molecule has 1 amide bonds. The first-order chi connectivity index (χ1) is 11.5. The third-order valence-electron chi connectivity index (χ3n) is 4.18. The maximum atomic E-state index is 13.0. The number of nitrogens with zero attached hydrogens (tertiary/aromatic N) is 5. The summed E-state index contributed by atoms with van der Waals surface area (Å²) in [7, 11) is 3.78. The van der Waals surface area contributed by atoms with Crippen molar-refractivity contribution in [1.29, 1.82) is 0 Å². The summed E-state index contributed by atoms with van der Waals surface area (Å²) in [4.78, 5) is 25.6. The van der Waals surface area contributed by atoms with Gasteiger partial charge in [0.05, 0.1) is 5.56 Å². The number of anilines is 1. The Balaban J connectivity index is 1.83. The van der Waals surface area contributed by atoms with Crippen LogP contribution in [0.25, 0.3) is 0 Å². The Kier molecular flexibility index (Phi) is 4.84. The van der Waals surface area contributed by atoms with Crippen molar-refractivity contribution in [2.24, 2.45) is 0 Å². The first kappa shape index (κ1) is 16.9. The van der Waals surface area contributed by atoms with Crippen molar-refractivity contribution < 1.29 is 4.79 Å². The number of H-pyrrole nitrogens is 1. The van der Waals surface area contributed by atoms with E-state index in [1.54, 1.807) is 6.20 Å². The summed E-state index contributed by atoms with van der Waals surface area (Å²) in [5.74, 6) is 2.46. The monoisotopic (exact) mass is 392 g/mol. The molecule has 0 aromatic carbocycles. The number of aromatic amines is 1. The number of aryl methyl sites for hydroxylation is 1. The van der Waals surface area contributed by atoms with Gasteiger partial charge < -0.3 is 9.80 Å². The average Bonchev–Trinajstić information content (AvgIpc) is 3.00. The van der Waals surface area contributed by atoms with Crippen LogP contribution in [0.4, 0.5) is 5.82 Å². The molecule has 2 aromatic heterocycles. The van der Waals surface area contributed by atoms with Gasteiger partial charge in [0.25, 0.3) is 5.91 Å². The second-order valence-corrected chi connectivity index (χ2v) is 7.20. The number of amides is 1. The zero-order valence-corrected chi connectivity index (χ0v) is 15.7. The molecule has 8 heteroatoms. The SMILES string of the molecule is Cc1nc([C@H]2CCCN(C(=O)c3cc(Br)cnc3N(C)C)C2)n[nH]1. The molecule has 1 atom stereocenters. The van der Waals surface area contributed by atoms with Gasteiger partial charge in [-0.05, 0) is 41.8 Å². The maximum Gasteiger partial charge on any atom is 0.257 e. The lowest BCUT2D eigenvalue weighted by molar-refractivity contribution is 0.0705. The quantitative estimate of drug-likeness (QED) is 0.866. The van der Waals surface area contributed by atoms with Crippen molar-refractivity contribution in [2.45, 2.75) is 25.7 Å². The Morgan fingerprint density at radius 2 is 2.25 bits per heavy atom. The number of likely N-dealkylation sites (tertiary alicyclic amines) is 1. The third kappa shape index (κ3) is 3.43. The first-order valence-electron chi connectivity index (χ1n) is 7.96. The summed E-state index contributed by atoms with van der Waals surface area (Å²) in [6.07, 6.45) is 3.66. The number of pyridine rings is 1. The molecule has 24 heavy (non-hydrogen) atoms. The van der Waals surface area contributed by atoms with Gasteiger partial charge in [0, 0.05) is 43.8 Å². The maximum absolute atomic E-state index is 13.0. The van der Waals surface area contributed by atoms with Crippen LogP contribution < -0.4 is 4.90 Å². The number of piperidine rings is 1. The highest BCUT2D eigenvalue weighted by Crippen LogP contribution is 2.28. The fourth-order valence-corrected chi connectivity index (χ4v) is 3.36. The summed E-state index contributed by atoms with van der Waals surface area (Å²) in [6, 6.07) is 1.84. The van der Waals surface area contributed by atoms with Gasteiger partial charge in [-0.15, -0.1) is 0 Å². The average molecular weight is 393 g/mol. The smallest absolute Gasteiger partial charge is 0.257 e. The molecular weight excluding hydrogens is 372 g/mol. The lowest BCUT2D eigenvalue weighted by atomic mass is 9.96. The molecule has 0 spiro atoms. The van der Waals surface area contributed by atoms with Crippen molar-refractivity contribution in [3.8, 4) is 0 Å². The van der Waals surface area contributed by atoms with Crippen LogP contribution in [0.3, 0.4) is 0 Å². The number of carbonyl (C=O) groups is 1. The van der Waals surface area contributed by atoms with Crippen molar-refractivity contribution in [3.05, 3.63) is 33.9 Å². The number of carbonyl (C=O) groups excluding carboxylic acids is 1. The van der Waals surface area contributed by atoms with Crippen LogP contribution in [-0.2, 0) is 0 Å². The summed E-state index contributed by atoms with van der Waals surface area (Å²) in [5.41, 5.74) is 0.612. The number of rotatable bonds is 3. The van der Waals surface area contributed by atoms with E-state index in [2.05, 4.69) is 36.1 Å². The molecule has 3 rings (SSSR count). The van der Waals surface area contributed by atoms with Gasteiger partial charge in [-0.25, -0.2) is 9.97 Å². The topological polar surface area (TPSA) is 78.0 Å². The van der Waals surface area contributed by atoms with Gasteiger partial charge in [0.15, 0.2) is 5.82 Å². The molecule has 1 saturated heterocycles. The van der Waals surface area contributed by atoms with E-state index >= 15 is 0 Å². The highest BCUT2D eigenvalue weighted by Gasteiger charge is 2.29. The molecule has 0 saturated carbocycles. The molecule has 1 aliphatic rings. The summed E-state index contributed by atoms with van der Waals surface area (Å²) in [5, 5.41) is 7.15. The van der Waals surface area contributed by atoms with Gasteiger partial charge in [-0.3, -0.25) is 9.89 Å². The number of nitrogens with one attached hydrogen (secondary N) is 1. The number of aromatic nitrogens is 4. The number of hydrogen-bond donors (Lipinski definition) is 1. The molecule has 0 radical (unpaired) electrons. The van der Waals surface area contributed by atoms with Crippen LogP contribution in [0.15, 0.2) is 16.7 Å². The van der Waals surface area contributed by atoms with E-state index in [0.717, 1.165) is 35.5 Å². The van der Waals surface area contributed by atoms with Gasteiger partial charge in [-0.1, -0.05) is 0 Å². The largest absolute Gasteiger partial charge is 0.362 e. The number of halogens is 1. The minimum absolute atomic E-state index is 0.00413. The third-order valence-corrected chi connectivity index (χ3v) is 4.61. The minimum atomic E-state index is 0.00413. The lowest BCUT2D eigenvalue weighted by Gasteiger charge is -2.32. The normalized spacial score (nSPS) is 17.8. The minimum Gasteiger partial charge on any atom is -0.362 e. The van der Waals surface area contributed by atoms with Crippen LogP contribution in [0.5, 0.6) is 0 Å². The van der Waals surface area contributed by atoms with Crippen molar-refractivity contribution in [2.75, 3.05) is 32.1 Å². The second-order valence-electron chi connectivity index (χ2n) is 6.29. The van der Waals surface area contributed by atoms with E-state index in [4.69, 9.17) is 0 Å². The number of hydrogen-bond acceptors (Lipinski definition) is 5. The highest BCUT2D eigenvalue weighted by molar-refractivity contribution is 9.10. The summed E-state index contributed by atoms with van der Waals surface area (Å²) < 4.78 is 0.801. The molecule has 1 N–H and O–H groups in total. The Hall–Kier alpha value is -1.96. The molecule has 1 aliphatic heterocycles. The van der Waals surface area contributed by atoms with E-state index in [9.17, 15) is 4.79 Å². The first-order valence-corrected chi connectivity index (χ1v) is 8.76. The Morgan fingerprint density at radius 3 is 2.92 bits per heavy atom. The standard InChI is InChI=1S/C16H21BrN6O/c1-10-19-14(21-20-10)11-5-4-6-23(9-11)16(24)13-7-12(17)8-18-15(13)22(2)3/h7-8,11H,4-6,9H2,1-3H3,(H,19,20,21)/t11-/m0/s1. The Bertz CT molecular complexity index is 744. The fourth-order valence-electron chi connectivity index (χ4n) is 3.03. The van der Waals surface area contributed by atoms with E-state index in [1.807, 2.05) is 36.9 Å². The molecular formula is C16H21BrN6O. The summed E-state index contributed by atoms with van der Waals surface area (Å²) in [6.45, 7) is 3.27. The van der Waals surface area contributed by atoms with Crippen molar-refractivity contribution >= 4 is 27.7 Å². The highest BCUT2D eigenvalue weighted by atomic mass is 79.9. The molecule has 0 unspecified atom stereocenters. The van der Waals surface area contributed by atoms with Crippen LogP contribution in [0.1, 0.15) is 40.8 Å². The lowest BCUT2D eigenvalue weighted by Crippen LogP contribution is -2.40. The van der Waals surface area contributed by atoms with Gasteiger partial charge in [0.2, 0.25) is 0 Å². The second kappa shape index (κ2) is 6.88. The van der Waals surface area contributed by atoms with E-state index < -0.39 is 0 Å². The molecule has 128 valence electrons. The zero-order valence-electron chi connectivity index (χ0n) is 14.1. The molecule has 7 nitrogen and oxygen atoms in total. The Labute approximate surface area is 149 Å². The van der Waals surface area contributed by atoms with Gasteiger partial charge in [0.1, 0.15) is 11.6 Å². The van der Waals surface area contributed by atoms with E-state index in [1.165, 1.54) is 0 Å². The summed E-state index contributed by atoms with van der Waals surface area (Å²) >= 11 is 3.41. The molecule has 3 heterocycles. The van der Waals surface area contributed by atoms with Crippen LogP contribution >= 0.6 is 15.9 Å². The van der Waals surface area contributed by atoms with E-state index in [-0.39, 0.29) is 11.8 Å². The van der Waals surface area contributed by atoms with E-state index in [0.29, 0.717) is 17.9 Å². The van der Waals surface area contributed by atoms with Crippen LogP contribution in [0, 0.1) is 6.92 Å². The predicted octanol–water partition coefficient (Wildman–Crippen LogP) is 2.36. The van der Waals surface area contributed by atoms with Crippen LogP contribution in [-0.4, -0.2) is 58.2 Å². The van der Waals surface area contributed by atoms with Gasteiger partial charge >= 0.3 is 0 Å².